The monoisotopic (exact) mass is 347 g/mol. The number of hydrogen-bond acceptors (Lipinski definition) is 2. The highest BCUT2D eigenvalue weighted by atomic mass is 27.1. The average Bonchev–Trinajstić information content (AvgIpc) is 2.72. The molecule has 26 heavy (non-hydrogen) atoms. The van der Waals surface area contributed by atoms with Crippen LogP contribution in [0.15, 0.2) is 85.1 Å². The summed E-state index contributed by atoms with van der Waals surface area (Å²) in [5, 5.41) is 5.79. The van der Waals surface area contributed by atoms with E-state index in [1.165, 1.54) is 21.9 Å². The van der Waals surface area contributed by atoms with Gasteiger partial charge in [0.25, 0.3) is 0 Å². The van der Waals surface area contributed by atoms with Crippen molar-refractivity contribution in [3.05, 3.63) is 85.1 Å². The zero-order chi connectivity index (χ0) is 17.5. The number of aromatic nitrogens is 1. The largest absolute Gasteiger partial charge is 0.653 e. The van der Waals surface area contributed by atoms with Crippen LogP contribution < -0.4 is 3.79 Å². The van der Waals surface area contributed by atoms with Gasteiger partial charge in [-0.3, -0.25) is 4.98 Å². The molecule has 5 rings (SSSR count). The lowest BCUT2D eigenvalue weighted by Crippen LogP contribution is -1.92. The maximum Gasteiger partial charge on any atom is 0.482 e. The van der Waals surface area contributed by atoms with Gasteiger partial charge >= 0.3 is 16.6 Å². The molecule has 120 valence electrons. The van der Waals surface area contributed by atoms with Gasteiger partial charge in [-0.2, -0.15) is 0 Å². The normalized spacial score (nSPS) is 11.2. The molecule has 1 aromatic heterocycles. The summed E-state index contributed by atoms with van der Waals surface area (Å²) in [4.78, 5) is 4.63. The lowest BCUT2D eigenvalue weighted by atomic mass is 9.92. The Morgan fingerprint density at radius 1 is 0.654 bits per heavy atom. The summed E-state index contributed by atoms with van der Waals surface area (Å²) in [6.07, 6.45) is 1.83. The summed E-state index contributed by atoms with van der Waals surface area (Å²) in [6, 6.07) is 27.4. The van der Waals surface area contributed by atoms with Crippen LogP contribution in [0.1, 0.15) is 0 Å². The maximum atomic E-state index is 5.59. The first-order chi connectivity index (χ1) is 12.9. The molecule has 0 N–H and O–H groups in total. The second-order valence-electron chi connectivity index (χ2n) is 6.32. The molecular formula is C23H14AlNO. The van der Waals surface area contributed by atoms with Gasteiger partial charge < -0.3 is 3.79 Å². The number of benzene rings is 4. The first-order valence-electron chi connectivity index (χ1n) is 8.52. The van der Waals surface area contributed by atoms with E-state index in [-0.39, 0.29) is 0 Å². The molecule has 2 nitrogen and oxygen atoms in total. The van der Waals surface area contributed by atoms with E-state index in [4.69, 9.17) is 3.79 Å². The van der Waals surface area contributed by atoms with Crippen molar-refractivity contribution in [1.82, 2.24) is 4.98 Å². The molecular weight excluding hydrogens is 333 g/mol. The summed E-state index contributed by atoms with van der Waals surface area (Å²) in [6.45, 7) is 0. The van der Waals surface area contributed by atoms with Crippen LogP contribution in [-0.2, 0) is 0 Å². The lowest BCUT2D eigenvalue weighted by Gasteiger charge is -2.15. The Morgan fingerprint density at radius 3 is 2.38 bits per heavy atom. The molecule has 0 spiro atoms. The fourth-order valence-electron chi connectivity index (χ4n) is 3.74. The van der Waals surface area contributed by atoms with Gasteiger partial charge in [-0.25, -0.2) is 0 Å². The van der Waals surface area contributed by atoms with Crippen molar-refractivity contribution in [2.75, 3.05) is 0 Å². The Balaban J connectivity index is 1.94. The van der Waals surface area contributed by atoms with Crippen molar-refractivity contribution >= 4 is 49.1 Å². The molecule has 2 radical (unpaired) electrons. The third-order valence-corrected chi connectivity index (χ3v) is 5.17. The highest BCUT2D eigenvalue weighted by Gasteiger charge is 2.13. The zero-order valence-electron chi connectivity index (χ0n) is 14.0. The van der Waals surface area contributed by atoms with Gasteiger partial charge in [-0.1, -0.05) is 66.7 Å². The van der Waals surface area contributed by atoms with Crippen LogP contribution in [0.4, 0.5) is 0 Å². The molecule has 0 aliphatic rings. The third-order valence-electron chi connectivity index (χ3n) is 4.92. The van der Waals surface area contributed by atoms with Crippen LogP contribution in [0.3, 0.4) is 0 Å². The highest BCUT2D eigenvalue weighted by Crippen LogP contribution is 2.40. The Labute approximate surface area is 159 Å². The Hall–Kier alpha value is -2.86. The van der Waals surface area contributed by atoms with Crippen molar-refractivity contribution in [2.24, 2.45) is 0 Å². The molecule has 0 saturated heterocycles. The average molecular weight is 347 g/mol. The predicted octanol–water partition coefficient (Wildman–Crippen LogP) is 5.67. The maximum absolute atomic E-state index is 5.59. The predicted molar refractivity (Wildman–Crippen MR) is 109 cm³/mol. The standard InChI is InChI=1S/C23H15NO.Al/c25-21-13-12-19(18-9-3-6-15-5-1-2-8-17(15)18)20-11-10-16-7-4-14-24-23(16)22(20)21;/h1-14,25H;/q;+1/p-1. The number of fused-ring (bicyclic) bond motifs is 4. The smallest absolute Gasteiger partial charge is 0.482 e. The molecule has 0 aliphatic carbocycles. The van der Waals surface area contributed by atoms with Crippen molar-refractivity contribution in [2.45, 2.75) is 0 Å². The SMILES string of the molecule is [Al][O]c1ccc(-c2cccc3ccccc23)c2ccc3cccnc3c12. The molecule has 0 saturated carbocycles. The molecule has 0 atom stereocenters. The topological polar surface area (TPSA) is 22.1 Å². The Bertz CT molecular complexity index is 1270. The summed E-state index contributed by atoms with van der Waals surface area (Å²) >= 11 is 2.36. The molecule has 1 heterocycles. The van der Waals surface area contributed by atoms with Crippen molar-refractivity contribution in [3.8, 4) is 16.9 Å². The summed E-state index contributed by atoms with van der Waals surface area (Å²) < 4.78 is 5.59. The van der Waals surface area contributed by atoms with Crippen molar-refractivity contribution < 1.29 is 3.79 Å². The molecule has 4 aromatic carbocycles. The molecule has 0 unspecified atom stereocenters. The van der Waals surface area contributed by atoms with E-state index >= 15 is 0 Å². The number of pyridine rings is 1. The fraction of sp³-hybridized carbons (Fsp3) is 0. The quantitative estimate of drug-likeness (QED) is 0.303. The number of nitrogens with zero attached hydrogens (tertiary/aromatic N) is 1. The first kappa shape index (κ1) is 15.4. The third kappa shape index (κ3) is 2.29. The van der Waals surface area contributed by atoms with Gasteiger partial charge in [0.05, 0.1) is 11.3 Å². The summed E-state index contributed by atoms with van der Waals surface area (Å²) in [5.74, 6) is 0.818. The number of hydrogen-bond donors (Lipinski definition) is 0. The molecule has 5 aromatic rings. The van der Waals surface area contributed by atoms with Gasteiger partial charge in [-0.05, 0) is 39.4 Å². The van der Waals surface area contributed by atoms with E-state index in [1.807, 2.05) is 18.3 Å². The molecule has 3 heteroatoms. The number of rotatable bonds is 2. The van der Waals surface area contributed by atoms with Crippen molar-refractivity contribution in [3.63, 3.8) is 0 Å². The van der Waals surface area contributed by atoms with Gasteiger partial charge in [-0.15, -0.1) is 0 Å². The van der Waals surface area contributed by atoms with Gasteiger partial charge in [0.2, 0.25) is 0 Å². The van der Waals surface area contributed by atoms with Crippen LogP contribution >= 0.6 is 0 Å². The molecule has 0 bridgehead atoms. The second-order valence-corrected chi connectivity index (χ2v) is 6.55. The van der Waals surface area contributed by atoms with E-state index in [9.17, 15) is 0 Å². The van der Waals surface area contributed by atoms with Gasteiger partial charge in [0, 0.05) is 17.0 Å². The lowest BCUT2D eigenvalue weighted by molar-refractivity contribution is 0.624. The minimum Gasteiger partial charge on any atom is -0.653 e. The van der Waals surface area contributed by atoms with E-state index in [0.717, 1.165) is 27.4 Å². The first-order valence-corrected chi connectivity index (χ1v) is 8.99. The van der Waals surface area contributed by atoms with Crippen LogP contribution in [0.2, 0.25) is 0 Å². The molecule has 0 fully saturated rings. The minimum absolute atomic E-state index is 0.818. The Kier molecular flexibility index (Phi) is 3.64. The molecule has 0 aliphatic heterocycles. The zero-order valence-corrected chi connectivity index (χ0v) is 15.2. The van der Waals surface area contributed by atoms with E-state index < -0.39 is 0 Å². The van der Waals surface area contributed by atoms with Crippen LogP contribution in [0, 0.1) is 0 Å². The van der Waals surface area contributed by atoms with Crippen LogP contribution in [-0.4, -0.2) is 21.6 Å². The van der Waals surface area contributed by atoms with Crippen LogP contribution in [0.5, 0.6) is 5.75 Å². The molecule has 0 amide bonds. The van der Waals surface area contributed by atoms with E-state index in [0.29, 0.717) is 0 Å². The Morgan fingerprint density at radius 2 is 1.46 bits per heavy atom. The second kappa shape index (κ2) is 6.14. The fourth-order valence-corrected chi connectivity index (χ4v) is 3.94. The van der Waals surface area contributed by atoms with Gasteiger partial charge in [0.15, 0.2) is 0 Å². The van der Waals surface area contributed by atoms with Crippen LogP contribution in [0.25, 0.3) is 43.6 Å². The van der Waals surface area contributed by atoms with E-state index in [2.05, 4.69) is 88.3 Å². The summed E-state index contributed by atoms with van der Waals surface area (Å²) in [7, 11) is 0. The van der Waals surface area contributed by atoms with Gasteiger partial charge in [0.1, 0.15) is 0 Å². The minimum atomic E-state index is 0.818. The summed E-state index contributed by atoms with van der Waals surface area (Å²) in [5.41, 5.74) is 3.37. The highest BCUT2D eigenvalue weighted by molar-refractivity contribution is 6.16. The van der Waals surface area contributed by atoms with Crippen molar-refractivity contribution in [1.29, 1.82) is 0 Å². The van der Waals surface area contributed by atoms with E-state index in [1.54, 1.807) is 0 Å².